The quantitative estimate of drug-likeness (QED) is 0.563. The van der Waals surface area contributed by atoms with Crippen LogP contribution in [-0.2, 0) is 14.6 Å². The van der Waals surface area contributed by atoms with E-state index in [1.54, 1.807) is 56.0 Å². The first-order valence-electron chi connectivity index (χ1n) is 9.09. The van der Waals surface area contributed by atoms with Gasteiger partial charge in [-0.05, 0) is 37.3 Å². The fraction of sp³-hybridized carbons (Fsp3) is 0.238. The van der Waals surface area contributed by atoms with Crippen molar-refractivity contribution >= 4 is 32.2 Å². The van der Waals surface area contributed by atoms with Gasteiger partial charge in [0.15, 0.2) is 26.5 Å². The van der Waals surface area contributed by atoms with Gasteiger partial charge in [0, 0.05) is 17.4 Å². The number of hydrogen-bond acceptors (Lipinski definition) is 7. The highest BCUT2D eigenvalue weighted by molar-refractivity contribution is 7.91. The van der Waals surface area contributed by atoms with Crippen LogP contribution in [-0.4, -0.2) is 39.3 Å². The second kappa shape index (κ2) is 9.27. The maximum atomic E-state index is 12.4. The number of nitrogens with zero attached hydrogens (tertiary/aromatic N) is 1. The van der Waals surface area contributed by atoms with Crippen molar-refractivity contribution in [2.75, 3.05) is 25.3 Å². The lowest BCUT2D eigenvalue weighted by atomic mass is 10.1. The van der Waals surface area contributed by atoms with Crippen molar-refractivity contribution in [3.8, 4) is 22.8 Å². The van der Waals surface area contributed by atoms with Gasteiger partial charge >= 0.3 is 0 Å². The van der Waals surface area contributed by atoms with Crippen LogP contribution < -0.4 is 14.8 Å². The zero-order valence-electron chi connectivity index (χ0n) is 16.8. The van der Waals surface area contributed by atoms with Gasteiger partial charge in [-0.2, -0.15) is 0 Å². The molecule has 7 nitrogen and oxygen atoms in total. The van der Waals surface area contributed by atoms with E-state index in [0.29, 0.717) is 22.3 Å². The van der Waals surface area contributed by atoms with Gasteiger partial charge in [0.2, 0.25) is 5.91 Å². The van der Waals surface area contributed by atoms with Crippen LogP contribution in [0.3, 0.4) is 0 Å². The van der Waals surface area contributed by atoms with E-state index in [1.165, 1.54) is 11.3 Å². The van der Waals surface area contributed by atoms with Crippen LogP contribution in [0.25, 0.3) is 11.3 Å². The minimum atomic E-state index is -3.52. The number of aryl methyl sites for hydroxylation is 1. The molecule has 0 aliphatic rings. The molecule has 0 bridgehead atoms. The number of amides is 1. The summed E-state index contributed by atoms with van der Waals surface area (Å²) >= 11 is 1.26. The number of nitrogens with one attached hydrogen (secondary N) is 1. The lowest BCUT2D eigenvalue weighted by Crippen LogP contribution is -2.17. The maximum absolute atomic E-state index is 12.4. The number of hydrogen-bond donors (Lipinski definition) is 1. The molecule has 0 radical (unpaired) electrons. The van der Waals surface area contributed by atoms with E-state index in [1.807, 2.05) is 13.0 Å². The molecule has 30 heavy (non-hydrogen) atoms. The van der Waals surface area contributed by atoms with Crippen LogP contribution >= 0.6 is 11.3 Å². The van der Waals surface area contributed by atoms with Crippen LogP contribution in [0.4, 0.5) is 5.13 Å². The zero-order chi connectivity index (χ0) is 21.7. The number of methoxy groups -OCH3 is 2. The van der Waals surface area contributed by atoms with Gasteiger partial charge in [-0.3, -0.25) is 4.79 Å². The Morgan fingerprint density at radius 3 is 2.43 bits per heavy atom. The first-order chi connectivity index (χ1) is 14.3. The van der Waals surface area contributed by atoms with Gasteiger partial charge in [0.05, 0.1) is 30.6 Å². The van der Waals surface area contributed by atoms with Gasteiger partial charge < -0.3 is 14.8 Å². The summed E-state index contributed by atoms with van der Waals surface area (Å²) in [5, 5.41) is 4.87. The summed E-state index contributed by atoms with van der Waals surface area (Å²) in [5.41, 5.74) is 2.45. The minimum absolute atomic E-state index is 0.151. The highest BCUT2D eigenvalue weighted by atomic mass is 32.2. The summed E-state index contributed by atoms with van der Waals surface area (Å²) in [4.78, 5) is 16.8. The van der Waals surface area contributed by atoms with Crippen molar-refractivity contribution in [2.45, 2.75) is 18.2 Å². The third kappa shape index (κ3) is 5.17. The van der Waals surface area contributed by atoms with E-state index in [-0.39, 0.29) is 17.1 Å². The number of anilines is 1. The summed E-state index contributed by atoms with van der Waals surface area (Å²) in [6, 6.07) is 12.0. The lowest BCUT2D eigenvalue weighted by molar-refractivity contribution is -0.115. The number of aromatic nitrogens is 1. The molecule has 0 unspecified atom stereocenters. The van der Waals surface area contributed by atoms with Gasteiger partial charge in [0.1, 0.15) is 0 Å². The molecule has 0 atom stereocenters. The van der Waals surface area contributed by atoms with Crippen molar-refractivity contribution < 1.29 is 22.7 Å². The van der Waals surface area contributed by atoms with Crippen molar-refractivity contribution in [3.05, 3.63) is 53.4 Å². The average molecular weight is 447 g/mol. The molecule has 0 aliphatic heterocycles. The largest absolute Gasteiger partial charge is 0.493 e. The number of thiazole rings is 1. The molecule has 1 aromatic heterocycles. The third-order valence-electron chi connectivity index (χ3n) is 4.41. The van der Waals surface area contributed by atoms with E-state index in [2.05, 4.69) is 10.3 Å². The third-order valence-corrected chi connectivity index (χ3v) is 6.90. The molecule has 0 fully saturated rings. The highest BCUT2D eigenvalue weighted by Crippen LogP contribution is 2.33. The minimum Gasteiger partial charge on any atom is -0.493 e. The van der Waals surface area contributed by atoms with Crippen LogP contribution in [0.5, 0.6) is 11.5 Å². The molecular formula is C21H22N2O5S2. The topological polar surface area (TPSA) is 94.6 Å². The summed E-state index contributed by atoms with van der Waals surface area (Å²) in [6.45, 7) is 1.88. The normalized spacial score (nSPS) is 11.2. The van der Waals surface area contributed by atoms with E-state index in [0.717, 1.165) is 11.1 Å². The Balaban J connectivity index is 1.63. The number of sulfone groups is 1. The molecule has 9 heteroatoms. The zero-order valence-corrected chi connectivity index (χ0v) is 18.5. The standard InChI is InChI=1S/C21H22N2O5S2/c1-14-4-7-16(8-5-14)30(25,26)11-10-20(24)23-21-22-17(13-29-21)15-6-9-18(27-2)19(12-15)28-3/h4-9,12-13H,10-11H2,1-3H3,(H,22,23,24). The Bertz CT molecular complexity index is 1140. The molecule has 3 rings (SSSR count). The number of carbonyl (C=O) groups is 1. The number of rotatable bonds is 8. The maximum Gasteiger partial charge on any atom is 0.227 e. The van der Waals surface area contributed by atoms with Crippen LogP contribution in [0, 0.1) is 6.92 Å². The average Bonchev–Trinajstić information content (AvgIpc) is 3.20. The molecule has 0 aliphatic carbocycles. The molecule has 1 N–H and O–H groups in total. The van der Waals surface area contributed by atoms with Gasteiger partial charge in [-0.25, -0.2) is 13.4 Å². The molecule has 3 aromatic rings. The Labute approximate surface area is 179 Å². The van der Waals surface area contributed by atoms with Crippen LogP contribution in [0.2, 0.25) is 0 Å². The smallest absolute Gasteiger partial charge is 0.227 e. The van der Waals surface area contributed by atoms with Crippen LogP contribution in [0.15, 0.2) is 52.7 Å². The first kappa shape index (κ1) is 21.8. The molecule has 0 saturated carbocycles. The molecule has 2 aromatic carbocycles. The van der Waals surface area contributed by atoms with Gasteiger partial charge in [0.25, 0.3) is 0 Å². The van der Waals surface area contributed by atoms with Crippen molar-refractivity contribution in [3.63, 3.8) is 0 Å². The second-order valence-electron chi connectivity index (χ2n) is 6.54. The Morgan fingerprint density at radius 2 is 1.77 bits per heavy atom. The number of carbonyl (C=O) groups excluding carboxylic acids is 1. The predicted octanol–water partition coefficient (Wildman–Crippen LogP) is 3.94. The van der Waals surface area contributed by atoms with E-state index < -0.39 is 15.7 Å². The second-order valence-corrected chi connectivity index (χ2v) is 9.51. The molecule has 158 valence electrons. The van der Waals surface area contributed by atoms with Crippen molar-refractivity contribution in [1.29, 1.82) is 0 Å². The van der Waals surface area contributed by atoms with E-state index in [4.69, 9.17) is 9.47 Å². The molecule has 0 saturated heterocycles. The monoisotopic (exact) mass is 446 g/mol. The summed E-state index contributed by atoms with van der Waals surface area (Å²) < 4.78 is 35.3. The Morgan fingerprint density at radius 1 is 1.07 bits per heavy atom. The molecule has 1 amide bonds. The van der Waals surface area contributed by atoms with E-state index >= 15 is 0 Å². The highest BCUT2D eigenvalue weighted by Gasteiger charge is 2.17. The Kier molecular flexibility index (Phi) is 6.73. The molecule has 1 heterocycles. The summed E-state index contributed by atoms with van der Waals surface area (Å²) in [6.07, 6.45) is -0.151. The van der Waals surface area contributed by atoms with Crippen molar-refractivity contribution in [1.82, 2.24) is 4.98 Å². The summed E-state index contributed by atoms with van der Waals surface area (Å²) in [5.74, 6) is 0.518. The van der Waals surface area contributed by atoms with E-state index in [9.17, 15) is 13.2 Å². The fourth-order valence-electron chi connectivity index (χ4n) is 2.73. The molecule has 0 spiro atoms. The van der Waals surface area contributed by atoms with Crippen molar-refractivity contribution in [2.24, 2.45) is 0 Å². The lowest BCUT2D eigenvalue weighted by Gasteiger charge is -2.08. The van der Waals surface area contributed by atoms with Gasteiger partial charge in [-0.15, -0.1) is 11.3 Å². The molecular weight excluding hydrogens is 424 g/mol. The fourth-order valence-corrected chi connectivity index (χ4v) is 4.71. The Hall–Kier alpha value is -2.91. The summed E-state index contributed by atoms with van der Waals surface area (Å²) in [7, 11) is -0.403. The number of benzene rings is 2. The predicted molar refractivity (Wildman–Crippen MR) is 117 cm³/mol. The number of ether oxygens (including phenoxy) is 2. The van der Waals surface area contributed by atoms with Gasteiger partial charge in [-0.1, -0.05) is 17.7 Å². The SMILES string of the molecule is COc1ccc(-c2csc(NC(=O)CCS(=O)(=O)c3ccc(C)cc3)n2)cc1OC. The first-order valence-corrected chi connectivity index (χ1v) is 11.6. The van der Waals surface area contributed by atoms with Crippen LogP contribution in [0.1, 0.15) is 12.0 Å².